The zero-order chi connectivity index (χ0) is 21.1. The first-order chi connectivity index (χ1) is 14.2. The van der Waals surface area contributed by atoms with Crippen molar-refractivity contribution in [3.8, 4) is 0 Å². The van der Waals surface area contributed by atoms with Crippen molar-refractivity contribution in [2.45, 2.75) is 59.0 Å². The second-order valence-electron chi connectivity index (χ2n) is 10.7. The van der Waals surface area contributed by atoms with Crippen molar-refractivity contribution >= 4 is 16.8 Å². The molecule has 3 unspecified atom stereocenters. The van der Waals surface area contributed by atoms with Gasteiger partial charge >= 0.3 is 0 Å². The molecule has 2 bridgehead atoms. The first-order valence-electron chi connectivity index (χ1n) is 11.2. The van der Waals surface area contributed by atoms with Crippen LogP contribution in [0.3, 0.4) is 0 Å². The zero-order valence-corrected chi connectivity index (χ0v) is 18.6. The molecule has 3 aromatic rings. The highest BCUT2D eigenvalue weighted by Crippen LogP contribution is 2.52. The fraction of sp³-hybridized carbons (Fsp3) is 0.444. The van der Waals surface area contributed by atoms with E-state index in [2.05, 4.69) is 91.9 Å². The Bertz CT molecular complexity index is 1100. The molecular formula is C27H32N2O. The molecule has 3 nitrogen and oxygen atoms in total. The van der Waals surface area contributed by atoms with Crippen LogP contribution in [0.2, 0.25) is 0 Å². The average Bonchev–Trinajstić information content (AvgIpc) is 3.24. The van der Waals surface area contributed by atoms with Gasteiger partial charge in [-0.15, -0.1) is 0 Å². The molecular weight excluding hydrogens is 368 g/mol. The summed E-state index contributed by atoms with van der Waals surface area (Å²) in [5, 5.41) is 1.14. The van der Waals surface area contributed by atoms with Crippen molar-refractivity contribution < 1.29 is 4.79 Å². The minimum absolute atomic E-state index is 0.201. The van der Waals surface area contributed by atoms with E-state index in [1.54, 1.807) is 0 Å². The van der Waals surface area contributed by atoms with Crippen LogP contribution in [-0.2, 0) is 0 Å². The number of amides is 1. The van der Waals surface area contributed by atoms with Gasteiger partial charge in [-0.2, -0.15) is 0 Å². The second kappa shape index (κ2) is 6.73. The van der Waals surface area contributed by atoms with Gasteiger partial charge in [0.15, 0.2) is 0 Å². The quantitative estimate of drug-likeness (QED) is 0.507. The van der Waals surface area contributed by atoms with E-state index in [9.17, 15) is 4.79 Å². The smallest absolute Gasteiger partial charge is 0.254 e. The first kappa shape index (κ1) is 19.4. The van der Waals surface area contributed by atoms with Gasteiger partial charge in [0.1, 0.15) is 0 Å². The Labute approximate surface area is 179 Å². The molecule has 2 heterocycles. The molecule has 5 rings (SSSR count). The molecule has 156 valence electrons. The van der Waals surface area contributed by atoms with E-state index in [1.165, 1.54) is 17.5 Å². The van der Waals surface area contributed by atoms with E-state index in [0.717, 1.165) is 30.3 Å². The van der Waals surface area contributed by atoms with Crippen LogP contribution in [0.25, 0.3) is 10.9 Å². The summed E-state index contributed by atoms with van der Waals surface area (Å²) in [6, 6.07) is 19.6. The van der Waals surface area contributed by atoms with E-state index in [1.807, 2.05) is 6.07 Å². The van der Waals surface area contributed by atoms with Crippen molar-refractivity contribution in [3.05, 3.63) is 71.9 Å². The van der Waals surface area contributed by atoms with Gasteiger partial charge in [-0.1, -0.05) is 51.1 Å². The molecule has 30 heavy (non-hydrogen) atoms. The molecule has 1 aliphatic heterocycles. The van der Waals surface area contributed by atoms with Crippen LogP contribution >= 0.6 is 0 Å². The highest BCUT2D eigenvalue weighted by atomic mass is 16.2. The number of rotatable bonds is 3. The Morgan fingerprint density at radius 2 is 1.80 bits per heavy atom. The summed E-state index contributed by atoms with van der Waals surface area (Å²) in [5.41, 5.74) is 3.87. The van der Waals surface area contributed by atoms with Crippen molar-refractivity contribution in [3.63, 3.8) is 0 Å². The number of hydrogen-bond acceptors (Lipinski definition) is 1. The van der Waals surface area contributed by atoms with Gasteiger partial charge in [-0.25, -0.2) is 0 Å². The summed E-state index contributed by atoms with van der Waals surface area (Å²) in [7, 11) is 0. The SMILES string of the molecule is CC(c1ccccc1)n1ccc2cc(C(=O)N3CC4(C)CC3CC(C)(C)C4)ccc21. The van der Waals surface area contributed by atoms with Crippen LogP contribution in [0.1, 0.15) is 68.9 Å². The van der Waals surface area contributed by atoms with Crippen LogP contribution in [0.15, 0.2) is 60.8 Å². The predicted octanol–water partition coefficient (Wildman–Crippen LogP) is 6.29. The maximum absolute atomic E-state index is 13.5. The summed E-state index contributed by atoms with van der Waals surface area (Å²) >= 11 is 0. The van der Waals surface area contributed by atoms with Gasteiger partial charge in [-0.05, 0) is 66.8 Å². The molecule has 0 spiro atoms. The largest absolute Gasteiger partial charge is 0.340 e. The molecule has 0 radical (unpaired) electrons. The molecule has 3 heteroatoms. The van der Waals surface area contributed by atoms with E-state index < -0.39 is 0 Å². The van der Waals surface area contributed by atoms with Gasteiger partial charge in [0.2, 0.25) is 0 Å². The highest BCUT2D eigenvalue weighted by molar-refractivity contribution is 5.98. The minimum atomic E-state index is 0.201. The predicted molar refractivity (Wildman–Crippen MR) is 123 cm³/mol. The summed E-state index contributed by atoms with van der Waals surface area (Å²) in [5.74, 6) is 0.201. The van der Waals surface area contributed by atoms with Crippen molar-refractivity contribution in [2.75, 3.05) is 6.54 Å². The van der Waals surface area contributed by atoms with Crippen molar-refractivity contribution in [2.24, 2.45) is 10.8 Å². The third kappa shape index (κ3) is 3.25. The van der Waals surface area contributed by atoms with Crippen LogP contribution < -0.4 is 0 Å². The number of hydrogen-bond donors (Lipinski definition) is 0. The molecule has 3 atom stereocenters. The Balaban J connectivity index is 1.43. The zero-order valence-electron chi connectivity index (χ0n) is 18.6. The van der Waals surface area contributed by atoms with E-state index in [-0.39, 0.29) is 17.4 Å². The summed E-state index contributed by atoms with van der Waals surface area (Å²) in [6.45, 7) is 10.2. The standard InChI is InChI=1S/C27H32N2O/c1-19(20-8-6-5-7-9-20)28-13-12-21-14-22(10-11-24(21)28)25(30)29-18-27(4)16-23(29)15-26(2,3)17-27/h5-14,19,23H,15-18H2,1-4H3. The summed E-state index contributed by atoms with van der Waals surface area (Å²) in [4.78, 5) is 15.6. The number of likely N-dealkylation sites (tertiary alicyclic amines) is 1. The third-order valence-electron chi connectivity index (χ3n) is 7.34. The number of carbonyl (C=O) groups is 1. The fourth-order valence-corrected chi connectivity index (χ4v) is 6.39. The summed E-state index contributed by atoms with van der Waals surface area (Å²) < 4.78 is 2.30. The molecule has 2 aromatic carbocycles. The van der Waals surface area contributed by atoms with Crippen molar-refractivity contribution in [1.82, 2.24) is 9.47 Å². The number of carbonyl (C=O) groups excluding carboxylic acids is 1. The maximum atomic E-state index is 13.5. The molecule has 1 saturated carbocycles. The van der Waals surface area contributed by atoms with Gasteiger partial charge in [0, 0.05) is 35.2 Å². The van der Waals surface area contributed by atoms with Crippen LogP contribution in [0.5, 0.6) is 0 Å². The number of benzene rings is 2. The summed E-state index contributed by atoms with van der Waals surface area (Å²) in [6.07, 6.45) is 5.61. The normalized spacial score (nSPS) is 26.1. The average molecular weight is 401 g/mol. The molecule has 2 aliphatic rings. The lowest BCUT2D eigenvalue weighted by Gasteiger charge is -2.39. The number of aromatic nitrogens is 1. The third-order valence-corrected chi connectivity index (χ3v) is 7.34. The minimum Gasteiger partial charge on any atom is -0.340 e. The van der Waals surface area contributed by atoms with E-state index in [4.69, 9.17) is 0 Å². The Kier molecular flexibility index (Phi) is 4.36. The number of nitrogens with zero attached hydrogens (tertiary/aromatic N) is 2. The second-order valence-corrected chi connectivity index (χ2v) is 10.7. The first-order valence-corrected chi connectivity index (χ1v) is 11.2. The molecule has 1 aromatic heterocycles. The monoisotopic (exact) mass is 400 g/mol. The van der Waals surface area contributed by atoms with Gasteiger partial charge in [0.05, 0.1) is 6.04 Å². The van der Waals surface area contributed by atoms with E-state index in [0.29, 0.717) is 11.5 Å². The lowest BCUT2D eigenvalue weighted by atomic mass is 9.65. The molecule has 1 saturated heterocycles. The lowest BCUT2D eigenvalue weighted by Crippen LogP contribution is -2.37. The highest BCUT2D eigenvalue weighted by Gasteiger charge is 2.51. The number of fused-ring (bicyclic) bond motifs is 3. The van der Waals surface area contributed by atoms with Gasteiger partial charge in [0.25, 0.3) is 5.91 Å². The van der Waals surface area contributed by atoms with Crippen LogP contribution in [0.4, 0.5) is 0 Å². The topological polar surface area (TPSA) is 25.2 Å². The lowest BCUT2D eigenvalue weighted by molar-refractivity contribution is 0.0708. The maximum Gasteiger partial charge on any atom is 0.254 e. The fourth-order valence-electron chi connectivity index (χ4n) is 6.39. The van der Waals surface area contributed by atoms with Crippen LogP contribution in [-0.4, -0.2) is 28.0 Å². The molecule has 1 aliphatic carbocycles. The Morgan fingerprint density at radius 1 is 1.03 bits per heavy atom. The Morgan fingerprint density at radius 3 is 2.57 bits per heavy atom. The van der Waals surface area contributed by atoms with E-state index >= 15 is 0 Å². The van der Waals surface area contributed by atoms with Crippen molar-refractivity contribution in [1.29, 1.82) is 0 Å². The Hall–Kier alpha value is -2.55. The molecule has 1 amide bonds. The molecule has 2 fully saturated rings. The van der Waals surface area contributed by atoms with Crippen LogP contribution in [0, 0.1) is 10.8 Å². The van der Waals surface area contributed by atoms with Gasteiger partial charge < -0.3 is 9.47 Å². The van der Waals surface area contributed by atoms with Gasteiger partial charge in [-0.3, -0.25) is 4.79 Å². The molecule has 0 N–H and O–H groups in total.